The van der Waals surface area contributed by atoms with Gasteiger partial charge in [0, 0.05) is 23.9 Å². The summed E-state index contributed by atoms with van der Waals surface area (Å²) in [5.41, 5.74) is 2.69. The predicted molar refractivity (Wildman–Crippen MR) is 75.7 cm³/mol. The fourth-order valence-corrected chi connectivity index (χ4v) is 3.10. The van der Waals surface area contributed by atoms with Gasteiger partial charge in [0.1, 0.15) is 5.01 Å². The quantitative estimate of drug-likeness (QED) is 0.910. The van der Waals surface area contributed by atoms with Gasteiger partial charge < -0.3 is 5.32 Å². The summed E-state index contributed by atoms with van der Waals surface area (Å²) in [7, 11) is 0. The van der Waals surface area contributed by atoms with Gasteiger partial charge in [-0.05, 0) is 22.4 Å². The summed E-state index contributed by atoms with van der Waals surface area (Å²) in [4.78, 5) is 4.66. The molecule has 0 fully saturated rings. The van der Waals surface area contributed by atoms with Gasteiger partial charge in [-0.2, -0.15) is 11.3 Å². The molecule has 2 heterocycles. The molecule has 2 rings (SSSR count). The molecule has 0 saturated heterocycles. The zero-order valence-corrected chi connectivity index (χ0v) is 12.1. The second-order valence-corrected chi connectivity index (χ2v) is 6.83. The van der Waals surface area contributed by atoms with Crippen molar-refractivity contribution >= 4 is 22.7 Å². The van der Waals surface area contributed by atoms with Crippen molar-refractivity contribution in [1.82, 2.24) is 10.3 Å². The van der Waals surface area contributed by atoms with Gasteiger partial charge in [-0.25, -0.2) is 4.98 Å². The molecule has 0 saturated carbocycles. The van der Waals surface area contributed by atoms with Crippen LogP contribution in [0.4, 0.5) is 0 Å². The second kappa shape index (κ2) is 5.29. The van der Waals surface area contributed by atoms with Crippen LogP contribution < -0.4 is 5.32 Å². The summed E-state index contributed by atoms with van der Waals surface area (Å²) in [5.74, 6) is 0. The van der Waals surface area contributed by atoms with Gasteiger partial charge in [-0.1, -0.05) is 20.8 Å². The lowest BCUT2D eigenvalue weighted by Crippen LogP contribution is -2.14. The Morgan fingerprint density at radius 2 is 2.06 bits per heavy atom. The highest BCUT2D eigenvalue weighted by Crippen LogP contribution is 2.23. The molecule has 0 unspecified atom stereocenters. The molecule has 0 aliphatic rings. The van der Waals surface area contributed by atoms with E-state index in [1.54, 1.807) is 22.7 Å². The van der Waals surface area contributed by atoms with Crippen molar-refractivity contribution in [3.8, 4) is 0 Å². The van der Waals surface area contributed by atoms with Crippen LogP contribution in [-0.4, -0.2) is 4.98 Å². The Bertz CT molecular complexity index is 452. The number of thiophene rings is 1. The van der Waals surface area contributed by atoms with Crippen molar-refractivity contribution in [2.45, 2.75) is 39.3 Å². The van der Waals surface area contributed by atoms with Crippen LogP contribution >= 0.6 is 22.7 Å². The predicted octanol–water partition coefficient (Wildman–Crippen LogP) is 3.79. The van der Waals surface area contributed by atoms with E-state index in [0.29, 0.717) is 0 Å². The van der Waals surface area contributed by atoms with Crippen molar-refractivity contribution in [2.24, 2.45) is 0 Å². The van der Waals surface area contributed by atoms with Crippen LogP contribution in [0.5, 0.6) is 0 Å². The minimum absolute atomic E-state index is 0.155. The molecule has 0 amide bonds. The van der Waals surface area contributed by atoms with E-state index >= 15 is 0 Å². The molecule has 0 bridgehead atoms. The normalized spacial score (nSPS) is 11.9. The standard InChI is InChI=1S/C13H18N2S2/c1-13(2,3)11-9-17-12(15-11)7-14-6-10-4-5-16-8-10/h4-5,8-9,14H,6-7H2,1-3H3. The number of nitrogens with one attached hydrogen (secondary N) is 1. The van der Waals surface area contributed by atoms with Crippen molar-refractivity contribution < 1.29 is 0 Å². The average molecular weight is 266 g/mol. The first-order valence-corrected chi connectivity index (χ1v) is 7.54. The topological polar surface area (TPSA) is 24.9 Å². The Morgan fingerprint density at radius 1 is 1.24 bits per heavy atom. The highest BCUT2D eigenvalue weighted by molar-refractivity contribution is 7.09. The van der Waals surface area contributed by atoms with Crippen molar-refractivity contribution in [1.29, 1.82) is 0 Å². The van der Waals surface area contributed by atoms with E-state index in [2.05, 4.69) is 53.3 Å². The van der Waals surface area contributed by atoms with E-state index in [1.807, 2.05) is 0 Å². The molecule has 1 N–H and O–H groups in total. The number of hydrogen-bond donors (Lipinski definition) is 1. The molecule has 2 nitrogen and oxygen atoms in total. The number of aromatic nitrogens is 1. The summed E-state index contributed by atoms with van der Waals surface area (Å²) >= 11 is 3.48. The number of rotatable bonds is 4. The van der Waals surface area contributed by atoms with Gasteiger partial charge in [0.05, 0.1) is 5.69 Å². The molecule has 17 heavy (non-hydrogen) atoms. The summed E-state index contributed by atoms with van der Waals surface area (Å²) in [5, 5.41) is 11.0. The van der Waals surface area contributed by atoms with Crippen LogP contribution in [0, 0.1) is 0 Å². The summed E-state index contributed by atoms with van der Waals surface area (Å²) in [6.07, 6.45) is 0. The Kier molecular flexibility index (Phi) is 3.97. The molecule has 92 valence electrons. The van der Waals surface area contributed by atoms with Gasteiger partial charge in [0.25, 0.3) is 0 Å². The third-order valence-electron chi connectivity index (χ3n) is 2.51. The molecule has 2 aromatic rings. The highest BCUT2D eigenvalue weighted by atomic mass is 32.1. The van der Waals surface area contributed by atoms with Crippen LogP contribution in [0.2, 0.25) is 0 Å². The molecule has 0 radical (unpaired) electrons. The SMILES string of the molecule is CC(C)(C)c1csc(CNCc2ccsc2)n1. The minimum Gasteiger partial charge on any atom is -0.306 e. The van der Waals surface area contributed by atoms with E-state index in [1.165, 1.54) is 16.3 Å². The van der Waals surface area contributed by atoms with Gasteiger partial charge in [0.2, 0.25) is 0 Å². The summed E-state index contributed by atoms with van der Waals surface area (Å²) < 4.78 is 0. The molecule has 0 atom stereocenters. The molecule has 0 aliphatic carbocycles. The van der Waals surface area contributed by atoms with Crippen LogP contribution in [-0.2, 0) is 18.5 Å². The number of hydrogen-bond acceptors (Lipinski definition) is 4. The van der Waals surface area contributed by atoms with Crippen molar-refractivity contribution in [3.63, 3.8) is 0 Å². The molecule has 0 aliphatic heterocycles. The van der Waals surface area contributed by atoms with Crippen LogP contribution in [0.1, 0.15) is 37.0 Å². The average Bonchev–Trinajstić information content (AvgIpc) is 2.86. The van der Waals surface area contributed by atoms with Crippen molar-refractivity contribution in [2.75, 3.05) is 0 Å². The lowest BCUT2D eigenvalue weighted by Gasteiger charge is -2.14. The van der Waals surface area contributed by atoms with E-state index in [4.69, 9.17) is 0 Å². The molecule has 0 spiro atoms. The maximum Gasteiger partial charge on any atom is 0.107 e. The Balaban J connectivity index is 1.85. The second-order valence-electron chi connectivity index (χ2n) is 5.11. The van der Waals surface area contributed by atoms with E-state index in [9.17, 15) is 0 Å². The monoisotopic (exact) mass is 266 g/mol. The molecule has 2 aromatic heterocycles. The molecule has 0 aromatic carbocycles. The van der Waals surface area contributed by atoms with Gasteiger partial charge in [0.15, 0.2) is 0 Å². The van der Waals surface area contributed by atoms with Gasteiger partial charge in [-0.15, -0.1) is 11.3 Å². The Labute approximate surface area is 111 Å². The first-order valence-electron chi connectivity index (χ1n) is 5.72. The van der Waals surface area contributed by atoms with E-state index in [0.717, 1.165) is 13.1 Å². The largest absolute Gasteiger partial charge is 0.306 e. The maximum absolute atomic E-state index is 4.66. The minimum atomic E-state index is 0.155. The van der Waals surface area contributed by atoms with Gasteiger partial charge >= 0.3 is 0 Å². The first-order chi connectivity index (χ1) is 8.05. The third-order valence-corrected chi connectivity index (χ3v) is 4.09. The molecule has 4 heteroatoms. The third kappa shape index (κ3) is 3.63. The van der Waals surface area contributed by atoms with E-state index < -0.39 is 0 Å². The van der Waals surface area contributed by atoms with E-state index in [-0.39, 0.29) is 5.41 Å². The number of thiazole rings is 1. The van der Waals surface area contributed by atoms with Gasteiger partial charge in [-0.3, -0.25) is 0 Å². The summed E-state index contributed by atoms with van der Waals surface area (Å²) in [6, 6.07) is 2.15. The summed E-state index contributed by atoms with van der Waals surface area (Å²) in [6.45, 7) is 8.38. The van der Waals surface area contributed by atoms with Crippen LogP contribution in [0.25, 0.3) is 0 Å². The highest BCUT2D eigenvalue weighted by Gasteiger charge is 2.16. The lowest BCUT2D eigenvalue weighted by molar-refractivity contribution is 0.568. The zero-order valence-electron chi connectivity index (χ0n) is 10.5. The Hall–Kier alpha value is -0.710. The van der Waals surface area contributed by atoms with Crippen LogP contribution in [0.3, 0.4) is 0 Å². The zero-order chi connectivity index (χ0) is 12.3. The fraction of sp³-hybridized carbons (Fsp3) is 0.462. The smallest absolute Gasteiger partial charge is 0.107 e. The fourth-order valence-electron chi connectivity index (χ4n) is 1.44. The first kappa shape index (κ1) is 12.7. The lowest BCUT2D eigenvalue weighted by atomic mass is 9.93. The van der Waals surface area contributed by atoms with Crippen LogP contribution in [0.15, 0.2) is 22.2 Å². The Morgan fingerprint density at radius 3 is 2.65 bits per heavy atom. The van der Waals surface area contributed by atoms with Crippen molar-refractivity contribution in [3.05, 3.63) is 38.5 Å². The molecular weight excluding hydrogens is 248 g/mol. The molecular formula is C13H18N2S2. The number of nitrogens with zero attached hydrogens (tertiary/aromatic N) is 1. The maximum atomic E-state index is 4.66.